The van der Waals surface area contributed by atoms with Crippen molar-refractivity contribution < 1.29 is 32.8 Å². The summed E-state index contributed by atoms with van der Waals surface area (Å²) in [6, 6.07) is 8.75. The van der Waals surface area contributed by atoms with Gasteiger partial charge in [-0.2, -0.15) is 0 Å². The Kier molecular flexibility index (Phi) is 7.98. The van der Waals surface area contributed by atoms with Crippen LogP contribution in [0.25, 0.3) is 5.69 Å². The van der Waals surface area contributed by atoms with Crippen LogP contribution in [-0.4, -0.2) is 65.9 Å². The van der Waals surface area contributed by atoms with Crippen molar-refractivity contribution >= 4 is 17.7 Å². The van der Waals surface area contributed by atoms with E-state index in [1.807, 2.05) is 0 Å². The van der Waals surface area contributed by atoms with E-state index in [0.29, 0.717) is 18.3 Å². The van der Waals surface area contributed by atoms with Gasteiger partial charge in [-0.05, 0) is 37.3 Å². The van der Waals surface area contributed by atoms with Crippen LogP contribution < -0.4 is 9.47 Å². The van der Waals surface area contributed by atoms with Gasteiger partial charge in [0.25, 0.3) is 6.33 Å². The average Bonchev–Trinajstić information content (AvgIpc) is 3.73. The summed E-state index contributed by atoms with van der Waals surface area (Å²) in [5, 5.41) is 24.1. The van der Waals surface area contributed by atoms with E-state index in [1.54, 1.807) is 67.0 Å². The summed E-state index contributed by atoms with van der Waals surface area (Å²) in [7, 11) is 0. The molecular formula is C28H31F2N8O4+. The number of ether oxygens (including phenoxy) is 1. The third-order valence-electron chi connectivity index (χ3n) is 7.31. The van der Waals surface area contributed by atoms with E-state index in [-0.39, 0.29) is 43.3 Å². The molecule has 1 aliphatic rings. The van der Waals surface area contributed by atoms with Gasteiger partial charge in [0.05, 0.1) is 30.0 Å². The zero-order chi connectivity index (χ0) is 30.0. The van der Waals surface area contributed by atoms with Gasteiger partial charge < -0.3 is 14.7 Å². The number of amides is 2. The van der Waals surface area contributed by atoms with Gasteiger partial charge in [-0.15, -0.1) is 9.78 Å². The van der Waals surface area contributed by atoms with Crippen LogP contribution >= 0.6 is 0 Å². The van der Waals surface area contributed by atoms with Crippen LogP contribution in [0.1, 0.15) is 26.3 Å². The number of carbonyl (C=O) groups excluding carboxylic acids is 2. The molecule has 0 bridgehead atoms. The van der Waals surface area contributed by atoms with E-state index in [4.69, 9.17) is 4.74 Å². The molecule has 0 saturated carbocycles. The van der Waals surface area contributed by atoms with Crippen molar-refractivity contribution in [2.75, 3.05) is 18.0 Å². The van der Waals surface area contributed by atoms with Crippen LogP contribution in [0.3, 0.4) is 0 Å². The topological polar surface area (TPSA) is 122 Å². The van der Waals surface area contributed by atoms with Crippen LogP contribution in [0, 0.1) is 17.6 Å². The second kappa shape index (κ2) is 11.6. The normalized spacial score (nSPS) is 15.7. The summed E-state index contributed by atoms with van der Waals surface area (Å²) in [6.07, 6.45) is 6.15. The quantitative estimate of drug-likeness (QED) is 0.225. The molecule has 4 aromatic rings. The molecule has 220 valence electrons. The maximum Gasteiger partial charge on any atom is 0.324 e. The first-order valence-electron chi connectivity index (χ1n) is 13.4. The van der Waals surface area contributed by atoms with Crippen molar-refractivity contribution in [1.29, 1.82) is 0 Å². The molecule has 2 aromatic carbocycles. The lowest BCUT2D eigenvalue weighted by molar-refractivity contribution is -0.728. The second-order valence-electron chi connectivity index (χ2n) is 10.4. The van der Waals surface area contributed by atoms with Crippen LogP contribution in [0.5, 0.6) is 0 Å². The van der Waals surface area contributed by atoms with Gasteiger partial charge in [0, 0.05) is 35.5 Å². The lowest BCUT2D eigenvalue weighted by atomic mass is 9.85. The Bertz CT molecular complexity index is 1560. The fourth-order valence-corrected chi connectivity index (χ4v) is 4.89. The lowest BCUT2D eigenvalue weighted by Crippen LogP contribution is -2.53. The molecule has 5 rings (SSSR count). The van der Waals surface area contributed by atoms with Crippen molar-refractivity contribution in [2.45, 2.75) is 45.7 Å². The maximum atomic E-state index is 15.2. The molecule has 3 heterocycles. The third-order valence-corrected chi connectivity index (χ3v) is 7.31. The van der Waals surface area contributed by atoms with E-state index in [1.165, 1.54) is 32.9 Å². The summed E-state index contributed by atoms with van der Waals surface area (Å²) in [5.41, 5.74) is -0.796. The van der Waals surface area contributed by atoms with Gasteiger partial charge >= 0.3 is 12.0 Å². The number of aromatic nitrogens is 6. The predicted molar refractivity (Wildman–Crippen MR) is 144 cm³/mol. The van der Waals surface area contributed by atoms with Gasteiger partial charge in [0.2, 0.25) is 13.1 Å². The summed E-state index contributed by atoms with van der Waals surface area (Å²) in [5.74, 6) is -2.45. The van der Waals surface area contributed by atoms with E-state index in [2.05, 4.69) is 15.4 Å². The number of anilines is 1. The van der Waals surface area contributed by atoms with Gasteiger partial charge in [0.15, 0.2) is 0 Å². The number of carbonyl (C=O) groups is 2. The number of rotatable bonds is 10. The number of esters is 1. The molecule has 12 nitrogen and oxygen atoms in total. The fraction of sp³-hybridized carbons (Fsp3) is 0.357. The van der Waals surface area contributed by atoms with Gasteiger partial charge in [-0.3, -0.25) is 9.69 Å². The summed E-state index contributed by atoms with van der Waals surface area (Å²) in [4.78, 5) is 28.5. The molecule has 14 heteroatoms. The Morgan fingerprint density at radius 1 is 1.12 bits per heavy atom. The standard InChI is InChI=1S/C28H31F2N8O4/c1-19(2)26(39)42-18-34-16-32-35(17-34)15-28(41,24-9-4-21(29)14-25(24)30)20(3)36-12-13-37(27(36)40)22-5-7-23(8-6-22)38-11-10-31-33-38/h4-11,14,16-17,19-20,41H,12-13,15,18H2,1-3H3/q+1/t20-,28-/m1/s1. The molecule has 42 heavy (non-hydrogen) atoms. The number of hydrogen-bond acceptors (Lipinski definition) is 7. The monoisotopic (exact) mass is 581 g/mol. The fourth-order valence-electron chi connectivity index (χ4n) is 4.89. The van der Waals surface area contributed by atoms with Crippen LogP contribution in [0.4, 0.5) is 19.3 Å². The summed E-state index contributed by atoms with van der Waals surface area (Å²) >= 11 is 0. The van der Waals surface area contributed by atoms with Crippen LogP contribution in [0.15, 0.2) is 67.5 Å². The molecule has 1 fully saturated rings. The van der Waals surface area contributed by atoms with Gasteiger partial charge in [0.1, 0.15) is 23.8 Å². The van der Waals surface area contributed by atoms with Crippen molar-refractivity contribution in [1.82, 2.24) is 29.7 Å². The Labute approximate surface area is 240 Å². The Morgan fingerprint density at radius 3 is 2.52 bits per heavy atom. The van der Waals surface area contributed by atoms with Crippen LogP contribution in [-0.2, 0) is 28.4 Å². The number of hydrogen-bond donors (Lipinski definition) is 1. The molecular weight excluding hydrogens is 550 g/mol. The lowest BCUT2D eigenvalue weighted by Gasteiger charge is -2.38. The SMILES string of the molecule is CC(C)C(=O)OC[n+]1cnn(C[C@](O)(c2ccc(F)cc2F)[C@@H](C)N2CCN(c3ccc(-n4ccnn4)cc3)C2=O)c1. The first-order chi connectivity index (χ1) is 20.1. The average molecular weight is 582 g/mol. The molecule has 2 aromatic heterocycles. The molecule has 0 unspecified atom stereocenters. The smallest absolute Gasteiger partial charge is 0.324 e. The molecule has 1 aliphatic heterocycles. The highest BCUT2D eigenvalue weighted by Gasteiger charge is 2.47. The zero-order valence-corrected chi connectivity index (χ0v) is 23.3. The second-order valence-corrected chi connectivity index (χ2v) is 10.4. The molecule has 0 spiro atoms. The van der Waals surface area contributed by atoms with E-state index >= 15 is 4.39 Å². The molecule has 0 aliphatic carbocycles. The van der Waals surface area contributed by atoms with E-state index in [0.717, 1.165) is 11.8 Å². The Hall–Kier alpha value is -4.72. The van der Waals surface area contributed by atoms with Crippen molar-refractivity contribution in [3.05, 3.63) is 84.7 Å². The summed E-state index contributed by atoms with van der Waals surface area (Å²) in [6.45, 7) is 5.23. The number of nitrogens with zero attached hydrogens (tertiary/aromatic N) is 8. The predicted octanol–water partition coefficient (Wildman–Crippen LogP) is 2.40. The van der Waals surface area contributed by atoms with Gasteiger partial charge in [-0.25, -0.2) is 22.8 Å². The third kappa shape index (κ3) is 5.70. The minimum Gasteiger partial charge on any atom is -0.431 e. The van der Waals surface area contributed by atoms with E-state index < -0.39 is 23.3 Å². The molecule has 1 saturated heterocycles. The zero-order valence-electron chi connectivity index (χ0n) is 23.3. The minimum atomic E-state index is -2.02. The maximum absolute atomic E-state index is 15.2. The Morgan fingerprint density at radius 2 is 1.86 bits per heavy atom. The molecule has 2 atom stereocenters. The Balaban J connectivity index is 1.39. The first kappa shape index (κ1) is 28.8. The number of aliphatic hydroxyl groups is 1. The first-order valence-corrected chi connectivity index (χ1v) is 13.4. The largest absolute Gasteiger partial charge is 0.431 e. The van der Waals surface area contributed by atoms with Crippen molar-refractivity contribution in [2.24, 2.45) is 5.92 Å². The van der Waals surface area contributed by atoms with Crippen LogP contribution in [0.2, 0.25) is 0 Å². The number of halogens is 2. The number of urea groups is 1. The number of benzene rings is 2. The highest BCUT2D eigenvalue weighted by molar-refractivity contribution is 5.94. The summed E-state index contributed by atoms with van der Waals surface area (Å²) < 4.78 is 38.6. The minimum absolute atomic E-state index is 0.106. The molecule has 1 N–H and O–H groups in total. The molecule has 2 amide bonds. The van der Waals surface area contributed by atoms with Crippen molar-refractivity contribution in [3.8, 4) is 5.69 Å². The van der Waals surface area contributed by atoms with Gasteiger partial charge in [-0.1, -0.05) is 25.1 Å². The molecule has 0 radical (unpaired) electrons. The highest BCUT2D eigenvalue weighted by atomic mass is 19.1. The van der Waals surface area contributed by atoms with E-state index in [9.17, 15) is 19.1 Å². The highest BCUT2D eigenvalue weighted by Crippen LogP contribution is 2.35. The van der Waals surface area contributed by atoms with Crippen molar-refractivity contribution in [3.63, 3.8) is 0 Å².